The second kappa shape index (κ2) is 4.77. The third kappa shape index (κ3) is 4.95. The molecule has 1 rings (SSSR count). The molecule has 0 aliphatic heterocycles. The van der Waals surface area contributed by atoms with Gasteiger partial charge in [0.1, 0.15) is 5.75 Å². The normalized spacial score (nSPS) is 13.8. The van der Waals surface area contributed by atoms with Gasteiger partial charge >= 0.3 is 0 Å². The van der Waals surface area contributed by atoms with E-state index >= 15 is 0 Å². The summed E-state index contributed by atoms with van der Waals surface area (Å²) in [5.74, 6) is 1.11. The molecule has 4 heteroatoms. The quantitative estimate of drug-likeness (QED) is 0.816. The standard InChI is InChI=1S/C11H17NO2S/c1-11(2,12)8-15(14)7-9-4-3-5-10(13)6-9/h3-6,13H,7-8,12H2,1-2H3. The first-order valence-electron chi connectivity index (χ1n) is 4.78. The fraction of sp³-hybridized carbons (Fsp3) is 0.455. The lowest BCUT2D eigenvalue weighted by Crippen LogP contribution is -2.38. The molecule has 1 unspecified atom stereocenters. The number of nitrogens with two attached hydrogens (primary N) is 1. The average Bonchev–Trinajstić information content (AvgIpc) is 1.99. The molecule has 0 fully saturated rings. The number of hydrogen-bond donors (Lipinski definition) is 2. The zero-order valence-electron chi connectivity index (χ0n) is 9.06. The van der Waals surface area contributed by atoms with Crippen LogP contribution in [0.25, 0.3) is 0 Å². The van der Waals surface area contributed by atoms with E-state index in [1.807, 2.05) is 19.9 Å². The Morgan fingerprint density at radius 2 is 2.13 bits per heavy atom. The smallest absolute Gasteiger partial charge is 0.115 e. The molecule has 0 spiro atoms. The van der Waals surface area contributed by atoms with Gasteiger partial charge in [0, 0.05) is 27.8 Å². The Bertz CT molecular complexity index is 358. The third-order valence-electron chi connectivity index (χ3n) is 1.77. The largest absolute Gasteiger partial charge is 0.508 e. The molecule has 84 valence electrons. The van der Waals surface area contributed by atoms with Crippen molar-refractivity contribution in [2.24, 2.45) is 5.73 Å². The molecule has 0 aliphatic rings. The summed E-state index contributed by atoms with van der Waals surface area (Å²) in [6.07, 6.45) is 0. The predicted octanol–water partition coefficient (Wildman–Crippen LogP) is 1.38. The molecule has 0 saturated heterocycles. The highest BCUT2D eigenvalue weighted by atomic mass is 32.2. The van der Waals surface area contributed by atoms with Crippen LogP contribution in [0.3, 0.4) is 0 Å². The minimum absolute atomic E-state index is 0.205. The van der Waals surface area contributed by atoms with Crippen molar-refractivity contribution in [2.75, 3.05) is 5.75 Å². The first-order chi connectivity index (χ1) is 6.87. The van der Waals surface area contributed by atoms with Gasteiger partial charge in [0.25, 0.3) is 0 Å². The molecule has 3 N–H and O–H groups in total. The van der Waals surface area contributed by atoms with Gasteiger partial charge in [-0.1, -0.05) is 12.1 Å². The Hall–Kier alpha value is -0.870. The Morgan fingerprint density at radius 1 is 1.47 bits per heavy atom. The molecule has 0 aliphatic carbocycles. The van der Waals surface area contributed by atoms with Crippen molar-refractivity contribution < 1.29 is 9.32 Å². The van der Waals surface area contributed by atoms with E-state index in [4.69, 9.17) is 5.73 Å². The van der Waals surface area contributed by atoms with Crippen LogP contribution < -0.4 is 5.73 Å². The number of aromatic hydroxyl groups is 1. The maximum absolute atomic E-state index is 11.7. The van der Waals surface area contributed by atoms with E-state index < -0.39 is 16.3 Å². The monoisotopic (exact) mass is 227 g/mol. The van der Waals surface area contributed by atoms with Crippen molar-refractivity contribution in [1.29, 1.82) is 0 Å². The zero-order valence-corrected chi connectivity index (χ0v) is 9.88. The summed E-state index contributed by atoms with van der Waals surface area (Å²) in [6.45, 7) is 3.71. The molecule has 1 aromatic carbocycles. The number of hydrogen-bond acceptors (Lipinski definition) is 3. The number of benzene rings is 1. The molecule has 1 atom stereocenters. The molecule has 0 heterocycles. The zero-order chi connectivity index (χ0) is 11.5. The van der Waals surface area contributed by atoms with Gasteiger partial charge in [-0.15, -0.1) is 0 Å². The first-order valence-corrected chi connectivity index (χ1v) is 6.27. The molecule has 0 bridgehead atoms. The predicted molar refractivity (Wildman–Crippen MR) is 63.1 cm³/mol. The molecule has 0 amide bonds. The van der Waals surface area contributed by atoms with Crippen LogP contribution >= 0.6 is 0 Å². The second-order valence-electron chi connectivity index (χ2n) is 4.39. The van der Waals surface area contributed by atoms with Crippen molar-refractivity contribution in [2.45, 2.75) is 25.1 Å². The summed E-state index contributed by atoms with van der Waals surface area (Å²) >= 11 is 0. The lowest BCUT2D eigenvalue weighted by atomic mass is 10.1. The number of rotatable bonds is 4. The van der Waals surface area contributed by atoms with Crippen LogP contribution in [0.2, 0.25) is 0 Å². The Morgan fingerprint density at radius 3 is 2.67 bits per heavy atom. The summed E-state index contributed by atoms with van der Waals surface area (Å²) in [6, 6.07) is 6.82. The Labute approximate surface area is 92.8 Å². The highest BCUT2D eigenvalue weighted by Crippen LogP contribution is 2.13. The molecular formula is C11H17NO2S. The van der Waals surface area contributed by atoms with Gasteiger partial charge in [-0.25, -0.2) is 0 Å². The van der Waals surface area contributed by atoms with E-state index in [2.05, 4.69) is 0 Å². The summed E-state index contributed by atoms with van der Waals surface area (Å²) in [4.78, 5) is 0. The fourth-order valence-corrected chi connectivity index (χ4v) is 2.78. The SMILES string of the molecule is CC(C)(N)CS(=O)Cc1cccc(O)c1. The van der Waals surface area contributed by atoms with Gasteiger partial charge in [-0.2, -0.15) is 0 Å². The third-order valence-corrected chi connectivity index (χ3v) is 3.49. The van der Waals surface area contributed by atoms with Gasteiger partial charge in [-0.3, -0.25) is 4.21 Å². The van der Waals surface area contributed by atoms with Gasteiger partial charge < -0.3 is 10.8 Å². The molecule has 0 aromatic heterocycles. The highest BCUT2D eigenvalue weighted by molar-refractivity contribution is 7.84. The topological polar surface area (TPSA) is 63.3 Å². The van der Waals surface area contributed by atoms with Crippen molar-refractivity contribution in [1.82, 2.24) is 0 Å². The maximum atomic E-state index is 11.7. The molecular weight excluding hydrogens is 210 g/mol. The number of phenols is 1. The molecule has 0 radical (unpaired) electrons. The van der Waals surface area contributed by atoms with E-state index in [0.29, 0.717) is 11.5 Å². The second-order valence-corrected chi connectivity index (χ2v) is 5.84. The van der Waals surface area contributed by atoms with Crippen LogP contribution in [0.4, 0.5) is 0 Å². The molecule has 3 nitrogen and oxygen atoms in total. The van der Waals surface area contributed by atoms with E-state index in [0.717, 1.165) is 5.56 Å². The Kier molecular flexibility index (Phi) is 3.88. The van der Waals surface area contributed by atoms with E-state index in [1.165, 1.54) is 0 Å². The van der Waals surface area contributed by atoms with Crippen LogP contribution in [0, 0.1) is 0 Å². The summed E-state index contributed by atoms with van der Waals surface area (Å²) < 4.78 is 11.7. The Balaban J connectivity index is 2.59. The minimum atomic E-state index is -0.985. The molecule has 1 aromatic rings. The minimum Gasteiger partial charge on any atom is -0.508 e. The summed E-state index contributed by atoms with van der Waals surface area (Å²) in [5.41, 5.74) is 6.24. The van der Waals surface area contributed by atoms with Gasteiger partial charge in [-0.05, 0) is 31.5 Å². The van der Waals surface area contributed by atoms with Crippen molar-refractivity contribution in [3.8, 4) is 5.75 Å². The van der Waals surface area contributed by atoms with E-state index in [1.54, 1.807) is 18.2 Å². The van der Waals surface area contributed by atoms with Crippen LogP contribution in [0.5, 0.6) is 5.75 Å². The average molecular weight is 227 g/mol. The van der Waals surface area contributed by atoms with Crippen LogP contribution in [-0.4, -0.2) is 20.6 Å². The summed E-state index contributed by atoms with van der Waals surface area (Å²) in [7, 11) is -0.985. The van der Waals surface area contributed by atoms with Gasteiger partial charge in [0.15, 0.2) is 0 Å². The van der Waals surface area contributed by atoms with Crippen molar-refractivity contribution in [3.05, 3.63) is 29.8 Å². The highest BCUT2D eigenvalue weighted by Gasteiger charge is 2.15. The first kappa shape index (κ1) is 12.2. The fourth-order valence-electron chi connectivity index (χ4n) is 1.30. The van der Waals surface area contributed by atoms with Crippen LogP contribution in [0.15, 0.2) is 24.3 Å². The van der Waals surface area contributed by atoms with Crippen molar-refractivity contribution in [3.63, 3.8) is 0 Å². The van der Waals surface area contributed by atoms with Crippen LogP contribution in [0.1, 0.15) is 19.4 Å². The maximum Gasteiger partial charge on any atom is 0.115 e. The lowest BCUT2D eigenvalue weighted by molar-refractivity contribution is 0.475. The van der Waals surface area contributed by atoms with Crippen molar-refractivity contribution >= 4 is 10.8 Å². The van der Waals surface area contributed by atoms with E-state index in [9.17, 15) is 9.32 Å². The van der Waals surface area contributed by atoms with Crippen LogP contribution in [-0.2, 0) is 16.6 Å². The molecule has 15 heavy (non-hydrogen) atoms. The van der Waals surface area contributed by atoms with Gasteiger partial charge in [0.05, 0.1) is 0 Å². The van der Waals surface area contributed by atoms with E-state index in [-0.39, 0.29) is 5.75 Å². The summed E-state index contributed by atoms with van der Waals surface area (Å²) in [5, 5.41) is 9.23. The molecule has 0 saturated carbocycles. The lowest BCUT2D eigenvalue weighted by Gasteiger charge is -2.17. The van der Waals surface area contributed by atoms with Gasteiger partial charge in [0.2, 0.25) is 0 Å². The number of phenolic OH excluding ortho intramolecular Hbond substituents is 1.